The van der Waals surface area contributed by atoms with Gasteiger partial charge in [-0.25, -0.2) is 0 Å². The molecule has 118 valence electrons. The van der Waals surface area contributed by atoms with Crippen molar-refractivity contribution in [2.45, 2.75) is 27.2 Å². The fraction of sp³-hybridized carbons (Fsp3) is 0.600. The van der Waals surface area contributed by atoms with Gasteiger partial charge in [0.15, 0.2) is 0 Å². The van der Waals surface area contributed by atoms with Gasteiger partial charge in [-0.05, 0) is 67.7 Å². The van der Waals surface area contributed by atoms with Gasteiger partial charge < -0.3 is 9.80 Å². The Balaban J connectivity index is 2.68. The van der Waals surface area contributed by atoms with E-state index >= 15 is 0 Å². The molecule has 0 fully saturated rings. The molecule has 0 amide bonds. The fourth-order valence-electron chi connectivity index (χ4n) is 2.34. The van der Waals surface area contributed by atoms with Crippen molar-refractivity contribution in [2.24, 2.45) is 0 Å². The van der Waals surface area contributed by atoms with Gasteiger partial charge >= 0.3 is 0 Å². The molecule has 0 spiro atoms. The van der Waals surface area contributed by atoms with Crippen LogP contribution in [-0.2, 0) is 0 Å². The average molecular weight is 405 g/mol. The second-order valence-corrected chi connectivity index (χ2v) is 6.02. The van der Waals surface area contributed by atoms with E-state index in [-0.39, 0.29) is 10.6 Å². The Bertz CT molecular complexity index is 464. The minimum Gasteiger partial charge on any atom is -0.372 e. The third-order valence-corrected chi connectivity index (χ3v) is 4.54. The number of halogens is 1. The maximum absolute atomic E-state index is 10.9. The number of nitro benzene ring substituents is 1. The molecule has 1 aromatic rings. The summed E-state index contributed by atoms with van der Waals surface area (Å²) >= 11 is 2.03. The van der Waals surface area contributed by atoms with E-state index in [9.17, 15) is 10.1 Å². The Kier molecular flexibility index (Phi) is 7.95. The van der Waals surface area contributed by atoms with E-state index in [2.05, 4.69) is 30.6 Å². The third kappa shape index (κ3) is 5.43. The molecule has 0 radical (unpaired) electrons. The minimum atomic E-state index is -0.331. The zero-order valence-electron chi connectivity index (χ0n) is 13.0. The molecular formula is C15H24IN3O2. The Morgan fingerprint density at radius 2 is 1.81 bits per heavy atom. The van der Waals surface area contributed by atoms with Gasteiger partial charge in [0.2, 0.25) is 0 Å². The lowest BCUT2D eigenvalue weighted by molar-refractivity contribution is -0.385. The zero-order valence-corrected chi connectivity index (χ0v) is 15.2. The predicted octanol–water partition coefficient (Wildman–Crippen LogP) is 3.76. The van der Waals surface area contributed by atoms with E-state index < -0.39 is 0 Å². The fourth-order valence-corrected chi connectivity index (χ4v) is 3.03. The second-order valence-electron chi connectivity index (χ2n) is 4.85. The van der Waals surface area contributed by atoms with Crippen LogP contribution in [0.2, 0.25) is 0 Å². The first-order valence-corrected chi connectivity index (χ1v) is 8.52. The number of rotatable bonds is 9. The lowest BCUT2D eigenvalue weighted by Crippen LogP contribution is -2.30. The normalized spacial score (nSPS) is 10.9. The first kappa shape index (κ1) is 18.2. The molecule has 0 saturated carbocycles. The molecule has 0 atom stereocenters. The molecule has 0 saturated heterocycles. The van der Waals surface area contributed by atoms with Crippen molar-refractivity contribution < 1.29 is 4.92 Å². The highest BCUT2D eigenvalue weighted by Gasteiger charge is 2.14. The molecule has 5 nitrogen and oxygen atoms in total. The Labute approximate surface area is 140 Å². The Morgan fingerprint density at radius 1 is 1.14 bits per heavy atom. The van der Waals surface area contributed by atoms with Gasteiger partial charge in [0.1, 0.15) is 0 Å². The van der Waals surface area contributed by atoms with Gasteiger partial charge in [0.05, 0.1) is 8.49 Å². The zero-order chi connectivity index (χ0) is 15.8. The number of hydrogen-bond acceptors (Lipinski definition) is 4. The summed E-state index contributed by atoms with van der Waals surface area (Å²) in [4.78, 5) is 15.2. The molecule has 0 N–H and O–H groups in total. The molecule has 0 bridgehead atoms. The summed E-state index contributed by atoms with van der Waals surface area (Å²) < 4.78 is 0.692. The molecule has 6 heteroatoms. The van der Waals surface area contributed by atoms with Crippen molar-refractivity contribution in [3.05, 3.63) is 31.9 Å². The summed E-state index contributed by atoms with van der Waals surface area (Å²) in [6.07, 6.45) is 1.10. The van der Waals surface area contributed by atoms with E-state index in [1.165, 1.54) is 0 Å². The van der Waals surface area contributed by atoms with Crippen LogP contribution in [0.25, 0.3) is 0 Å². The Hall–Kier alpha value is -0.890. The summed E-state index contributed by atoms with van der Waals surface area (Å²) in [5, 5.41) is 10.9. The van der Waals surface area contributed by atoms with E-state index in [1.54, 1.807) is 6.07 Å². The van der Waals surface area contributed by atoms with Gasteiger partial charge in [-0.2, -0.15) is 0 Å². The largest absolute Gasteiger partial charge is 0.372 e. The van der Waals surface area contributed by atoms with Crippen molar-refractivity contribution in [1.29, 1.82) is 0 Å². The van der Waals surface area contributed by atoms with Crippen LogP contribution in [-0.4, -0.2) is 42.5 Å². The van der Waals surface area contributed by atoms with Gasteiger partial charge in [0, 0.05) is 24.8 Å². The summed E-state index contributed by atoms with van der Waals surface area (Å²) in [7, 11) is 0. The van der Waals surface area contributed by atoms with E-state index in [1.807, 2.05) is 34.7 Å². The lowest BCUT2D eigenvalue weighted by Gasteiger charge is -2.25. The molecule has 0 heterocycles. The summed E-state index contributed by atoms with van der Waals surface area (Å²) in [5.41, 5.74) is 1.24. The van der Waals surface area contributed by atoms with Crippen LogP contribution in [0.15, 0.2) is 18.2 Å². The topological polar surface area (TPSA) is 49.6 Å². The van der Waals surface area contributed by atoms with Crippen molar-refractivity contribution in [1.82, 2.24) is 4.90 Å². The lowest BCUT2D eigenvalue weighted by atomic mass is 10.2. The van der Waals surface area contributed by atoms with Gasteiger partial charge in [0.25, 0.3) is 5.69 Å². The van der Waals surface area contributed by atoms with Crippen LogP contribution in [0.3, 0.4) is 0 Å². The maximum atomic E-state index is 10.9. The monoisotopic (exact) mass is 405 g/mol. The highest BCUT2D eigenvalue weighted by atomic mass is 127. The SMILES string of the molecule is CCN(CC)CCCN(CC)c1ccc([N+](=O)[O-])c(I)c1. The van der Waals surface area contributed by atoms with Crippen LogP contribution in [0.1, 0.15) is 27.2 Å². The molecule has 0 aliphatic carbocycles. The minimum absolute atomic E-state index is 0.179. The maximum Gasteiger partial charge on any atom is 0.282 e. The van der Waals surface area contributed by atoms with Crippen LogP contribution >= 0.6 is 22.6 Å². The van der Waals surface area contributed by atoms with Crippen molar-refractivity contribution >= 4 is 34.0 Å². The van der Waals surface area contributed by atoms with Crippen molar-refractivity contribution in [3.8, 4) is 0 Å². The average Bonchev–Trinajstić information content (AvgIpc) is 2.47. The van der Waals surface area contributed by atoms with Crippen LogP contribution < -0.4 is 4.90 Å². The second kappa shape index (κ2) is 9.19. The number of nitro groups is 1. The first-order chi connectivity index (χ1) is 10.0. The molecule has 0 aromatic heterocycles. The molecular weight excluding hydrogens is 381 g/mol. The molecule has 0 aliphatic heterocycles. The number of nitrogens with zero attached hydrogens (tertiary/aromatic N) is 3. The van der Waals surface area contributed by atoms with Gasteiger partial charge in [-0.1, -0.05) is 13.8 Å². The summed E-state index contributed by atoms with van der Waals surface area (Å²) in [5.74, 6) is 0. The molecule has 0 unspecified atom stereocenters. The quantitative estimate of drug-likeness (QED) is 0.357. The van der Waals surface area contributed by atoms with Crippen molar-refractivity contribution in [3.63, 3.8) is 0 Å². The van der Waals surface area contributed by atoms with E-state index in [0.29, 0.717) is 3.57 Å². The first-order valence-electron chi connectivity index (χ1n) is 7.44. The van der Waals surface area contributed by atoms with Crippen molar-refractivity contribution in [2.75, 3.05) is 37.6 Å². The van der Waals surface area contributed by atoms with Crippen LogP contribution in [0.5, 0.6) is 0 Å². The molecule has 1 rings (SSSR count). The number of anilines is 1. The van der Waals surface area contributed by atoms with E-state index in [4.69, 9.17) is 0 Å². The van der Waals surface area contributed by atoms with Gasteiger partial charge in [-0.3, -0.25) is 10.1 Å². The van der Waals surface area contributed by atoms with Gasteiger partial charge in [-0.15, -0.1) is 0 Å². The van der Waals surface area contributed by atoms with Crippen LogP contribution in [0, 0.1) is 13.7 Å². The Morgan fingerprint density at radius 3 is 2.29 bits per heavy atom. The number of hydrogen-bond donors (Lipinski definition) is 0. The highest BCUT2D eigenvalue weighted by Crippen LogP contribution is 2.26. The predicted molar refractivity (Wildman–Crippen MR) is 96.1 cm³/mol. The molecule has 1 aromatic carbocycles. The van der Waals surface area contributed by atoms with Crippen LogP contribution in [0.4, 0.5) is 11.4 Å². The number of benzene rings is 1. The standard InChI is InChI=1S/C15H24IN3O2/c1-4-17(5-2)10-7-11-18(6-3)13-8-9-15(19(20)21)14(16)12-13/h8-9,12H,4-7,10-11H2,1-3H3. The smallest absolute Gasteiger partial charge is 0.282 e. The highest BCUT2D eigenvalue weighted by molar-refractivity contribution is 14.1. The molecule has 0 aliphatic rings. The summed E-state index contributed by atoms with van der Waals surface area (Å²) in [6, 6.07) is 5.35. The third-order valence-electron chi connectivity index (χ3n) is 3.67. The van der Waals surface area contributed by atoms with E-state index in [0.717, 1.165) is 44.8 Å². The molecule has 21 heavy (non-hydrogen) atoms. The summed E-state index contributed by atoms with van der Waals surface area (Å²) in [6.45, 7) is 11.6.